The van der Waals surface area contributed by atoms with Crippen LogP contribution in [0.2, 0.25) is 0 Å². The van der Waals surface area contributed by atoms with Gasteiger partial charge in [0, 0.05) is 18.3 Å². The molecule has 0 atom stereocenters. The van der Waals surface area contributed by atoms with Crippen molar-refractivity contribution in [1.29, 1.82) is 5.26 Å². The van der Waals surface area contributed by atoms with Crippen LogP contribution in [0.15, 0.2) is 65.3 Å². The van der Waals surface area contributed by atoms with Crippen molar-refractivity contribution in [3.8, 4) is 17.6 Å². The highest BCUT2D eigenvalue weighted by Crippen LogP contribution is 2.33. The quantitative estimate of drug-likeness (QED) is 0.520. The standard InChI is InChI=1S/C26H26N4O5/c1-18(2)30(26(32)28-21-6-3-5-19(11-21)13-27)16-25(31)29(15-22-7-4-10-33-22)14-20-8-9-23-24(12-20)35-17-34-23/h3-12,18H,14-17H2,1-2H3,(H,28,32). The number of carbonyl (C=O) groups is 2. The minimum atomic E-state index is -0.426. The second-order valence-corrected chi connectivity index (χ2v) is 8.36. The zero-order chi connectivity index (χ0) is 24.8. The summed E-state index contributed by atoms with van der Waals surface area (Å²) in [7, 11) is 0. The Bertz CT molecular complexity index is 1230. The first-order valence-electron chi connectivity index (χ1n) is 11.2. The Morgan fingerprint density at radius 3 is 2.63 bits per heavy atom. The smallest absolute Gasteiger partial charge is 0.322 e. The molecular formula is C26H26N4O5. The molecule has 0 aliphatic carbocycles. The molecule has 0 fully saturated rings. The molecule has 3 amide bonds. The summed E-state index contributed by atoms with van der Waals surface area (Å²) in [6, 6.07) is 17.1. The summed E-state index contributed by atoms with van der Waals surface area (Å²) < 4.78 is 16.3. The van der Waals surface area contributed by atoms with Gasteiger partial charge in [0.15, 0.2) is 11.5 Å². The van der Waals surface area contributed by atoms with E-state index >= 15 is 0 Å². The van der Waals surface area contributed by atoms with E-state index in [4.69, 9.17) is 19.2 Å². The van der Waals surface area contributed by atoms with Gasteiger partial charge in [-0.1, -0.05) is 12.1 Å². The fourth-order valence-electron chi connectivity index (χ4n) is 3.68. The zero-order valence-electron chi connectivity index (χ0n) is 19.6. The van der Waals surface area contributed by atoms with Crippen molar-refractivity contribution in [2.75, 3.05) is 18.7 Å². The molecule has 0 spiro atoms. The number of nitrogens with zero attached hydrogens (tertiary/aromatic N) is 3. The molecule has 1 aromatic heterocycles. The zero-order valence-corrected chi connectivity index (χ0v) is 19.6. The number of rotatable bonds is 8. The molecule has 1 N–H and O–H groups in total. The monoisotopic (exact) mass is 474 g/mol. The van der Waals surface area contributed by atoms with Gasteiger partial charge in [-0.05, 0) is 61.9 Å². The fourth-order valence-corrected chi connectivity index (χ4v) is 3.68. The largest absolute Gasteiger partial charge is 0.467 e. The first-order chi connectivity index (χ1) is 16.9. The van der Waals surface area contributed by atoms with E-state index in [0.29, 0.717) is 35.1 Å². The van der Waals surface area contributed by atoms with Gasteiger partial charge in [-0.15, -0.1) is 0 Å². The van der Waals surface area contributed by atoms with E-state index in [1.165, 1.54) is 4.90 Å². The van der Waals surface area contributed by atoms with E-state index in [9.17, 15) is 9.59 Å². The van der Waals surface area contributed by atoms with Crippen LogP contribution in [0.5, 0.6) is 11.5 Å². The van der Waals surface area contributed by atoms with Gasteiger partial charge in [0.1, 0.15) is 12.3 Å². The number of hydrogen-bond donors (Lipinski definition) is 1. The number of furan rings is 1. The molecule has 0 saturated heterocycles. The lowest BCUT2D eigenvalue weighted by Crippen LogP contribution is -2.47. The number of urea groups is 1. The van der Waals surface area contributed by atoms with E-state index in [1.807, 2.05) is 38.1 Å². The Hall–Kier alpha value is -4.45. The Morgan fingerprint density at radius 2 is 1.89 bits per heavy atom. The lowest BCUT2D eigenvalue weighted by molar-refractivity contribution is -0.133. The third kappa shape index (κ3) is 5.92. The average molecular weight is 475 g/mol. The van der Waals surface area contributed by atoms with Crippen molar-refractivity contribution in [1.82, 2.24) is 9.80 Å². The van der Waals surface area contributed by atoms with E-state index in [0.717, 1.165) is 5.56 Å². The van der Waals surface area contributed by atoms with Gasteiger partial charge in [0.2, 0.25) is 12.7 Å². The number of anilines is 1. The predicted octanol–water partition coefficient (Wildman–Crippen LogP) is 4.35. The lowest BCUT2D eigenvalue weighted by atomic mass is 10.1. The van der Waals surface area contributed by atoms with Crippen molar-refractivity contribution in [2.45, 2.75) is 33.0 Å². The number of nitrogens with one attached hydrogen (secondary N) is 1. The number of ether oxygens (including phenoxy) is 2. The first kappa shape index (κ1) is 23.7. The summed E-state index contributed by atoms with van der Waals surface area (Å²) in [4.78, 5) is 29.6. The summed E-state index contributed by atoms with van der Waals surface area (Å²) in [5.74, 6) is 1.69. The third-order valence-corrected chi connectivity index (χ3v) is 5.52. The second kappa shape index (κ2) is 10.7. The van der Waals surface area contributed by atoms with Gasteiger partial charge in [0.05, 0.1) is 24.4 Å². The molecule has 35 heavy (non-hydrogen) atoms. The van der Waals surface area contributed by atoms with E-state index in [1.54, 1.807) is 47.6 Å². The van der Waals surface area contributed by atoms with Crippen LogP contribution in [0, 0.1) is 11.3 Å². The van der Waals surface area contributed by atoms with Gasteiger partial charge in [-0.3, -0.25) is 4.79 Å². The first-order valence-corrected chi connectivity index (χ1v) is 11.2. The maximum absolute atomic E-state index is 13.4. The van der Waals surface area contributed by atoms with Crippen LogP contribution in [-0.2, 0) is 17.9 Å². The van der Waals surface area contributed by atoms with Crippen LogP contribution in [-0.4, -0.2) is 41.1 Å². The van der Waals surface area contributed by atoms with E-state index in [2.05, 4.69) is 5.32 Å². The molecule has 1 aliphatic heterocycles. The summed E-state index contributed by atoms with van der Waals surface area (Å²) >= 11 is 0. The minimum Gasteiger partial charge on any atom is -0.467 e. The molecule has 9 heteroatoms. The number of amides is 3. The molecule has 0 saturated carbocycles. The van der Waals surface area contributed by atoms with Crippen LogP contribution < -0.4 is 14.8 Å². The molecule has 2 aromatic carbocycles. The van der Waals surface area contributed by atoms with Crippen molar-refractivity contribution in [3.05, 3.63) is 77.7 Å². The molecule has 0 bridgehead atoms. The fraction of sp³-hybridized carbons (Fsp3) is 0.269. The Morgan fingerprint density at radius 1 is 1.06 bits per heavy atom. The number of hydrogen-bond acceptors (Lipinski definition) is 6. The molecule has 9 nitrogen and oxygen atoms in total. The maximum Gasteiger partial charge on any atom is 0.322 e. The predicted molar refractivity (Wildman–Crippen MR) is 128 cm³/mol. The van der Waals surface area contributed by atoms with Gasteiger partial charge >= 0.3 is 6.03 Å². The average Bonchev–Trinajstić information content (AvgIpc) is 3.53. The van der Waals surface area contributed by atoms with Crippen LogP contribution in [0.25, 0.3) is 0 Å². The molecule has 2 heterocycles. The van der Waals surface area contributed by atoms with Crippen molar-refractivity contribution in [2.24, 2.45) is 0 Å². The van der Waals surface area contributed by atoms with E-state index < -0.39 is 6.03 Å². The SMILES string of the molecule is CC(C)N(CC(=O)N(Cc1ccc2c(c1)OCO2)Cc1ccco1)C(=O)Nc1cccc(C#N)c1. The number of fused-ring (bicyclic) bond motifs is 1. The van der Waals surface area contributed by atoms with Gasteiger partial charge in [-0.25, -0.2) is 4.79 Å². The van der Waals surface area contributed by atoms with Crippen molar-refractivity contribution in [3.63, 3.8) is 0 Å². The molecule has 0 unspecified atom stereocenters. The minimum absolute atomic E-state index is 0.132. The number of benzene rings is 2. The molecular weight excluding hydrogens is 448 g/mol. The molecule has 1 aliphatic rings. The summed E-state index contributed by atoms with van der Waals surface area (Å²) in [6.45, 7) is 4.27. The number of nitriles is 1. The number of carbonyl (C=O) groups excluding carboxylic acids is 2. The van der Waals surface area contributed by atoms with Crippen LogP contribution in [0.4, 0.5) is 10.5 Å². The molecule has 180 valence electrons. The van der Waals surface area contributed by atoms with Crippen LogP contribution in [0.1, 0.15) is 30.7 Å². The Balaban J connectivity index is 1.50. The van der Waals surface area contributed by atoms with E-state index in [-0.39, 0.29) is 31.8 Å². The molecule has 4 rings (SSSR count). The normalized spacial score (nSPS) is 11.7. The molecule has 3 aromatic rings. The Kier molecular flexibility index (Phi) is 7.21. The van der Waals surface area contributed by atoms with Gasteiger partial charge in [0.25, 0.3) is 0 Å². The highest BCUT2D eigenvalue weighted by Gasteiger charge is 2.25. The summed E-state index contributed by atoms with van der Waals surface area (Å²) in [5.41, 5.74) is 1.78. The van der Waals surface area contributed by atoms with Gasteiger partial charge < -0.3 is 29.0 Å². The van der Waals surface area contributed by atoms with Crippen LogP contribution in [0.3, 0.4) is 0 Å². The van der Waals surface area contributed by atoms with Gasteiger partial charge in [-0.2, -0.15) is 5.26 Å². The third-order valence-electron chi connectivity index (χ3n) is 5.52. The topological polar surface area (TPSA) is 108 Å². The van der Waals surface area contributed by atoms with Crippen molar-refractivity contribution < 1.29 is 23.5 Å². The van der Waals surface area contributed by atoms with Crippen molar-refractivity contribution >= 4 is 17.6 Å². The summed E-state index contributed by atoms with van der Waals surface area (Å²) in [6.07, 6.45) is 1.56. The maximum atomic E-state index is 13.4. The van der Waals surface area contributed by atoms with Crippen LogP contribution >= 0.6 is 0 Å². The molecule has 0 radical (unpaired) electrons. The lowest BCUT2D eigenvalue weighted by Gasteiger charge is -2.30. The Labute approximate surface area is 203 Å². The highest BCUT2D eigenvalue weighted by molar-refractivity contribution is 5.92. The summed E-state index contributed by atoms with van der Waals surface area (Å²) in [5, 5.41) is 11.9. The second-order valence-electron chi connectivity index (χ2n) is 8.36. The highest BCUT2D eigenvalue weighted by atomic mass is 16.7.